The predicted molar refractivity (Wildman–Crippen MR) is 51.2 cm³/mol. The predicted octanol–water partition coefficient (Wildman–Crippen LogP) is 2.16. The number of hydrogen-bond donors (Lipinski definition) is 0. The van der Waals surface area contributed by atoms with Gasteiger partial charge in [-0.3, -0.25) is 5.01 Å². The first-order valence-electron chi connectivity index (χ1n) is 4.53. The van der Waals surface area contributed by atoms with E-state index in [4.69, 9.17) is 0 Å². The van der Waals surface area contributed by atoms with E-state index < -0.39 is 0 Å². The van der Waals surface area contributed by atoms with Gasteiger partial charge in [-0.1, -0.05) is 30.3 Å². The summed E-state index contributed by atoms with van der Waals surface area (Å²) in [6.07, 6.45) is 1.04. The van der Waals surface area contributed by atoms with Crippen molar-refractivity contribution in [1.29, 1.82) is 0 Å². The summed E-state index contributed by atoms with van der Waals surface area (Å²) in [7, 11) is 0. The molecule has 2 rings (SSSR count). The van der Waals surface area contributed by atoms with Gasteiger partial charge in [0, 0.05) is 19.0 Å². The summed E-state index contributed by atoms with van der Waals surface area (Å²) in [5, 5.41) is 4.54. The Balaban J connectivity index is 2.08. The highest BCUT2D eigenvalue weighted by molar-refractivity contribution is 5.20. The van der Waals surface area contributed by atoms with Crippen LogP contribution in [-0.4, -0.2) is 18.1 Å². The minimum atomic E-state index is 0.485. The first-order valence-corrected chi connectivity index (χ1v) is 4.53. The summed E-state index contributed by atoms with van der Waals surface area (Å²) >= 11 is 0. The van der Waals surface area contributed by atoms with Crippen molar-refractivity contribution in [2.45, 2.75) is 12.3 Å². The quantitative estimate of drug-likeness (QED) is 0.647. The Morgan fingerprint density at radius 1 is 1.31 bits per heavy atom. The lowest BCUT2D eigenvalue weighted by Crippen LogP contribution is -2.11. The van der Waals surface area contributed by atoms with E-state index in [2.05, 4.69) is 17.4 Å². The molecule has 3 heteroatoms. The summed E-state index contributed by atoms with van der Waals surface area (Å²) in [4.78, 5) is 10.3. The Morgan fingerprint density at radius 3 is 2.69 bits per heavy atom. The lowest BCUT2D eigenvalue weighted by atomic mass is 9.99. The fourth-order valence-corrected chi connectivity index (χ4v) is 1.81. The lowest BCUT2D eigenvalue weighted by Gasteiger charge is -2.08. The molecule has 1 aliphatic rings. The van der Waals surface area contributed by atoms with Gasteiger partial charge in [-0.25, -0.2) is 0 Å². The molecule has 0 aromatic heterocycles. The average molecular weight is 176 g/mol. The van der Waals surface area contributed by atoms with Crippen LogP contribution in [0.4, 0.5) is 0 Å². The van der Waals surface area contributed by atoms with Crippen molar-refractivity contribution in [3.63, 3.8) is 0 Å². The third-order valence-electron chi connectivity index (χ3n) is 2.55. The molecule has 1 aromatic rings. The number of hydrogen-bond acceptors (Lipinski definition) is 2. The van der Waals surface area contributed by atoms with E-state index in [0.717, 1.165) is 19.5 Å². The number of nitroso groups, excluding NO2 is 1. The summed E-state index contributed by atoms with van der Waals surface area (Å²) in [6.45, 7) is 1.57. The fourth-order valence-electron chi connectivity index (χ4n) is 1.81. The first-order chi connectivity index (χ1) is 6.40. The minimum Gasteiger partial charge on any atom is -0.260 e. The maximum absolute atomic E-state index is 10.3. The van der Waals surface area contributed by atoms with Gasteiger partial charge in [-0.2, -0.15) is 0 Å². The second kappa shape index (κ2) is 3.56. The molecule has 0 saturated carbocycles. The van der Waals surface area contributed by atoms with Crippen molar-refractivity contribution >= 4 is 0 Å². The highest BCUT2D eigenvalue weighted by atomic mass is 16.3. The van der Waals surface area contributed by atoms with Gasteiger partial charge in [-0.05, 0) is 12.0 Å². The topological polar surface area (TPSA) is 32.7 Å². The van der Waals surface area contributed by atoms with Gasteiger partial charge < -0.3 is 0 Å². The Bertz CT molecular complexity index is 286. The van der Waals surface area contributed by atoms with Crippen molar-refractivity contribution in [2.75, 3.05) is 13.1 Å². The lowest BCUT2D eigenvalue weighted by molar-refractivity contribution is 0.350. The Hall–Kier alpha value is -1.38. The molecular formula is C10H12N2O. The molecule has 68 valence electrons. The van der Waals surface area contributed by atoms with Crippen LogP contribution >= 0.6 is 0 Å². The van der Waals surface area contributed by atoms with Crippen LogP contribution in [0.1, 0.15) is 17.9 Å². The molecule has 1 aromatic carbocycles. The van der Waals surface area contributed by atoms with E-state index >= 15 is 0 Å². The van der Waals surface area contributed by atoms with Gasteiger partial charge in [0.15, 0.2) is 0 Å². The van der Waals surface area contributed by atoms with E-state index in [0.29, 0.717) is 5.92 Å². The van der Waals surface area contributed by atoms with Crippen LogP contribution in [0.25, 0.3) is 0 Å². The highest BCUT2D eigenvalue weighted by Crippen LogP contribution is 2.26. The van der Waals surface area contributed by atoms with Gasteiger partial charge in [0.1, 0.15) is 0 Å². The Morgan fingerprint density at radius 2 is 2.08 bits per heavy atom. The summed E-state index contributed by atoms with van der Waals surface area (Å²) < 4.78 is 0. The zero-order chi connectivity index (χ0) is 9.10. The van der Waals surface area contributed by atoms with E-state index in [-0.39, 0.29) is 0 Å². The normalized spacial score (nSPS) is 21.8. The van der Waals surface area contributed by atoms with Gasteiger partial charge >= 0.3 is 0 Å². The Labute approximate surface area is 77.3 Å². The molecule has 0 aliphatic carbocycles. The molecule has 1 atom stereocenters. The fraction of sp³-hybridized carbons (Fsp3) is 0.400. The van der Waals surface area contributed by atoms with Crippen molar-refractivity contribution < 1.29 is 0 Å². The second-order valence-electron chi connectivity index (χ2n) is 3.39. The number of nitrogens with zero attached hydrogens (tertiary/aromatic N) is 2. The molecule has 0 bridgehead atoms. The largest absolute Gasteiger partial charge is 0.260 e. The van der Waals surface area contributed by atoms with E-state index in [9.17, 15) is 4.91 Å². The molecule has 0 radical (unpaired) electrons. The maximum atomic E-state index is 10.3. The van der Waals surface area contributed by atoms with Crippen LogP contribution in [0.2, 0.25) is 0 Å². The maximum Gasteiger partial charge on any atom is 0.0524 e. The molecule has 1 fully saturated rings. The molecule has 0 unspecified atom stereocenters. The molecule has 1 heterocycles. The second-order valence-corrected chi connectivity index (χ2v) is 3.39. The van der Waals surface area contributed by atoms with Crippen molar-refractivity contribution in [1.82, 2.24) is 5.01 Å². The molecule has 1 saturated heterocycles. The Kier molecular flexibility index (Phi) is 2.25. The molecule has 13 heavy (non-hydrogen) atoms. The van der Waals surface area contributed by atoms with Crippen molar-refractivity contribution in [2.24, 2.45) is 5.29 Å². The number of rotatable bonds is 2. The summed E-state index contributed by atoms with van der Waals surface area (Å²) in [5.41, 5.74) is 1.31. The van der Waals surface area contributed by atoms with Gasteiger partial charge in [0.25, 0.3) is 0 Å². The molecule has 0 N–H and O–H groups in total. The zero-order valence-corrected chi connectivity index (χ0v) is 7.39. The number of benzene rings is 1. The van der Waals surface area contributed by atoms with Crippen LogP contribution in [0.15, 0.2) is 35.6 Å². The standard InChI is InChI=1S/C10H12N2O/c13-11-12-7-6-10(8-12)9-4-2-1-3-5-9/h1-5,10H,6-8H2/t10-/m0/s1. The molecule has 1 aliphatic heterocycles. The SMILES string of the molecule is O=NN1CC[C@H](c2ccccc2)C1. The van der Waals surface area contributed by atoms with Gasteiger partial charge in [0.05, 0.1) is 5.29 Å². The van der Waals surface area contributed by atoms with Crippen LogP contribution in [-0.2, 0) is 0 Å². The van der Waals surface area contributed by atoms with Gasteiger partial charge in [0.2, 0.25) is 0 Å². The third kappa shape index (κ3) is 1.69. The molecule has 0 amide bonds. The van der Waals surface area contributed by atoms with Crippen LogP contribution in [0.3, 0.4) is 0 Å². The third-order valence-corrected chi connectivity index (χ3v) is 2.55. The summed E-state index contributed by atoms with van der Waals surface area (Å²) in [6, 6.07) is 10.3. The van der Waals surface area contributed by atoms with E-state index in [1.165, 1.54) is 5.56 Å². The van der Waals surface area contributed by atoms with Crippen LogP contribution in [0, 0.1) is 4.91 Å². The average Bonchev–Trinajstić information content (AvgIpc) is 2.67. The minimum absolute atomic E-state index is 0.485. The van der Waals surface area contributed by atoms with Gasteiger partial charge in [-0.15, -0.1) is 4.91 Å². The first kappa shape index (κ1) is 8.23. The zero-order valence-electron chi connectivity index (χ0n) is 7.39. The molecular weight excluding hydrogens is 164 g/mol. The summed E-state index contributed by atoms with van der Waals surface area (Å²) in [5.74, 6) is 0.485. The van der Waals surface area contributed by atoms with Crippen LogP contribution in [0.5, 0.6) is 0 Å². The van der Waals surface area contributed by atoms with E-state index in [1.54, 1.807) is 5.01 Å². The molecule has 3 nitrogen and oxygen atoms in total. The smallest absolute Gasteiger partial charge is 0.0524 e. The monoisotopic (exact) mass is 176 g/mol. The van der Waals surface area contributed by atoms with E-state index in [1.807, 2.05) is 18.2 Å². The van der Waals surface area contributed by atoms with Crippen molar-refractivity contribution in [3.8, 4) is 0 Å². The van der Waals surface area contributed by atoms with Crippen molar-refractivity contribution in [3.05, 3.63) is 40.8 Å². The highest BCUT2D eigenvalue weighted by Gasteiger charge is 2.23. The molecule has 0 spiro atoms. The van der Waals surface area contributed by atoms with Crippen LogP contribution < -0.4 is 0 Å².